The van der Waals surface area contributed by atoms with Gasteiger partial charge in [0.15, 0.2) is 0 Å². The second-order valence-electron chi connectivity index (χ2n) is 24.1. The van der Waals surface area contributed by atoms with Gasteiger partial charge in [-0.05, 0) is 69.3 Å². The SMILES string of the molecule is CC.CC.CC.CC.CC.CC.CC(C)(C)c1ccccn1.CC(C)(C)c1cccnc1.CC(C)(C)c1ccncc1.CC(C)(C)c1cnccn1.CC(C)(C)c1cnccn1.CC(C)(C)c1cncnc1.Cn1nccc1C(C)(C)C. The van der Waals surface area contributed by atoms with Gasteiger partial charge >= 0.3 is 0 Å². The predicted octanol–water partition coefficient (Wildman–Crippen LogP) is 20.3. The van der Waals surface area contributed by atoms with Crippen molar-refractivity contribution in [3.05, 3.63) is 181 Å². The van der Waals surface area contributed by atoms with E-state index >= 15 is 0 Å². The van der Waals surface area contributed by atoms with E-state index in [9.17, 15) is 0 Å². The molecule has 0 N–H and O–H groups in total. The summed E-state index contributed by atoms with van der Waals surface area (Å²) in [6, 6.07) is 16.3. The summed E-state index contributed by atoms with van der Waals surface area (Å²) >= 11 is 0. The summed E-state index contributed by atoms with van der Waals surface area (Å²) in [6.45, 7) is 69.3. The van der Waals surface area contributed by atoms with Crippen LogP contribution in [0.5, 0.6) is 0 Å². The minimum atomic E-state index is 0.119. The minimum absolute atomic E-state index is 0.119. The molecular weight excluding hydrogens is 1010 g/mol. The zero-order valence-corrected chi connectivity index (χ0v) is 59.2. The average molecular weight is 1130 g/mol. The Morgan fingerprint density at radius 1 is 0.268 bits per heavy atom. The first-order valence-corrected chi connectivity index (χ1v) is 30.1. The molecule has 11 heteroatoms. The first-order chi connectivity index (χ1) is 38.1. The summed E-state index contributed by atoms with van der Waals surface area (Å²) in [5, 5.41) is 4.10. The highest BCUT2D eigenvalue weighted by Crippen LogP contribution is 2.23. The van der Waals surface area contributed by atoms with Gasteiger partial charge in [-0.2, -0.15) is 5.10 Å². The van der Waals surface area contributed by atoms with E-state index in [-0.39, 0.29) is 37.9 Å². The van der Waals surface area contributed by atoms with Crippen molar-refractivity contribution >= 4 is 0 Å². The van der Waals surface area contributed by atoms with Crippen molar-refractivity contribution in [2.24, 2.45) is 7.05 Å². The largest absolute Gasteiger partial charge is 0.272 e. The van der Waals surface area contributed by atoms with Gasteiger partial charge in [0.2, 0.25) is 0 Å². The molecule has 0 fully saturated rings. The van der Waals surface area contributed by atoms with Gasteiger partial charge in [0, 0.05) is 127 Å². The lowest BCUT2D eigenvalue weighted by Gasteiger charge is -2.17. The maximum atomic E-state index is 4.25. The first-order valence-electron chi connectivity index (χ1n) is 30.1. The molecular formula is C71H125N11. The van der Waals surface area contributed by atoms with Crippen molar-refractivity contribution < 1.29 is 0 Å². The van der Waals surface area contributed by atoms with Crippen LogP contribution in [-0.2, 0) is 45.0 Å². The molecule has 0 unspecified atom stereocenters. The third-order valence-corrected chi connectivity index (χ3v) is 10.2. The summed E-state index contributed by atoms with van der Waals surface area (Å²) < 4.78 is 1.92. The normalized spacial score (nSPS) is 10.3. The molecule has 0 spiro atoms. The molecule has 82 heavy (non-hydrogen) atoms. The second-order valence-corrected chi connectivity index (χ2v) is 24.1. The summed E-state index contributed by atoms with van der Waals surface area (Å²) in [5.41, 5.74) is 9.58. The second kappa shape index (κ2) is 47.4. The first kappa shape index (κ1) is 87.1. The van der Waals surface area contributed by atoms with Crippen molar-refractivity contribution in [2.75, 3.05) is 0 Å². The number of aryl methyl sites for hydroxylation is 1. The van der Waals surface area contributed by atoms with Crippen molar-refractivity contribution in [3.63, 3.8) is 0 Å². The third kappa shape index (κ3) is 44.5. The molecule has 464 valence electrons. The van der Waals surface area contributed by atoms with E-state index in [2.05, 4.69) is 226 Å². The van der Waals surface area contributed by atoms with Crippen molar-refractivity contribution in [2.45, 2.75) is 266 Å². The standard InChI is InChI=1S/3C9H13N.C8H12N2.C8H14N2.2C8H12N2.6C2H6/c1-9(2,3)8-4-6-10-7-5-8;1-9(2,3)8-5-4-6-10-7-8;1-9(2,3)8-6-4-5-7-10-8;1-8(2,3)7-4-9-6-10-5-7;1-8(2,3)7-5-6-9-10(7)4;2*1-8(2,3)7-6-9-4-5-10-7;6*1-2/h3*4-7H,1-3H3;4-6H,1-3H3;5-6H,1-4H3;2*4-6H,1-3H3;6*1-2H3. The average Bonchev–Trinajstić information content (AvgIpc) is 3.92. The van der Waals surface area contributed by atoms with Crippen molar-refractivity contribution in [3.8, 4) is 0 Å². The summed E-state index contributed by atoms with van der Waals surface area (Å²) in [7, 11) is 1.97. The van der Waals surface area contributed by atoms with Gasteiger partial charge < -0.3 is 0 Å². The molecule has 0 aromatic carbocycles. The Balaban J connectivity index is -0.000000199. The van der Waals surface area contributed by atoms with Gasteiger partial charge in [0.1, 0.15) is 6.33 Å². The molecule has 0 aliphatic rings. The molecule has 0 aliphatic heterocycles. The Kier molecular flexibility index (Phi) is 50.4. The molecule has 0 aliphatic carbocycles. The van der Waals surface area contributed by atoms with Crippen LogP contribution in [0.15, 0.2) is 142 Å². The van der Waals surface area contributed by atoms with Gasteiger partial charge in [-0.15, -0.1) is 0 Å². The van der Waals surface area contributed by atoms with Crippen LogP contribution in [0, 0.1) is 0 Å². The summed E-state index contributed by atoms with van der Waals surface area (Å²) in [5.74, 6) is 0. The van der Waals surface area contributed by atoms with Crippen LogP contribution < -0.4 is 0 Å². The zero-order chi connectivity index (χ0) is 65.5. The van der Waals surface area contributed by atoms with Gasteiger partial charge in [-0.3, -0.25) is 39.6 Å². The molecule has 11 nitrogen and oxygen atoms in total. The predicted molar refractivity (Wildman–Crippen MR) is 361 cm³/mol. The van der Waals surface area contributed by atoms with Gasteiger partial charge in [0.25, 0.3) is 0 Å². The molecule has 0 atom stereocenters. The fraction of sp³-hybridized carbons (Fsp3) is 0.577. The lowest BCUT2D eigenvalue weighted by molar-refractivity contribution is 0.523. The molecule has 7 aromatic heterocycles. The molecule has 7 heterocycles. The molecule has 0 saturated heterocycles. The molecule has 0 bridgehead atoms. The Labute approximate surface area is 506 Å². The van der Waals surface area contributed by atoms with Crippen LogP contribution in [0.25, 0.3) is 0 Å². The highest BCUT2D eigenvalue weighted by atomic mass is 15.3. The number of pyridine rings is 3. The van der Waals surface area contributed by atoms with Gasteiger partial charge in [0.05, 0.1) is 11.4 Å². The monoisotopic (exact) mass is 1130 g/mol. The van der Waals surface area contributed by atoms with Crippen LogP contribution >= 0.6 is 0 Å². The zero-order valence-electron chi connectivity index (χ0n) is 59.2. The number of hydrogen-bond acceptors (Lipinski definition) is 10. The van der Waals surface area contributed by atoms with Crippen LogP contribution in [0.3, 0.4) is 0 Å². The maximum Gasteiger partial charge on any atom is 0.115 e. The van der Waals surface area contributed by atoms with Gasteiger partial charge in [-0.25, -0.2) is 9.97 Å². The lowest BCUT2D eigenvalue weighted by atomic mass is 9.88. The quantitative estimate of drug-likeness (QED) is 0.144. The molecule has 7 aromatic rings. The number of nitrogens with zero attached hydrogens (tertiary/aromatic N) is 11. The number of aromatic nitrogens is 11. The fourth-order valence-electron chi connectivity index (χ4n) is 5.63. The van der Waals surface area contributed by atoms with E-state index in [4.69, 9.17) is 0 Å². The Morgan fingerprint density at radius 2 is 0.646 bits per heavy atom. The van der Waals surface area contributed by atoms with E-state index in [1.54, 1.807) is 49.7 Å². The van der Waals surface area contributed by atoms with E-state index in [1.807, 2.05) is 156 Å². The minimum Gasteiger partial charge on any atom is -0.272 e. The maximum absolute atomic E-state index is 4.25. The van der Waals surface area contributed by atoms with E-state index < -0.39 is 0 Å². The van der Waals surface area contributed by atoms with Gasteiger partial charge in [-0.1, -0.05) is 241 Å². The molecule has 0 radical (unpaired) electrons. The summed E-state index contributed by atoms with van der Waals surface area (Å²) in [6.07, 6.45) is 26.7. The van der Waals surface area contributed by atoms with E-state index in [1.165, 1.54) is 22.4 Å². The van der Waals surface area contributed by atoms with Crippen LogP contribution in [-0.4, -0.2) is 54.6 Å². The smallest absolute Gasteiger partial charge is 0.115 e. The van der Waals surface area contributed by atoms with Crippen LogP contribution in [0.1, 0.15) is 268 Å². The van der Waals surface area contributed by atoms with Crippen LogP contribution in [0.4, 0.5) is 0 Å². The molecule has 0 saturated carbocycles. The van der Waals surface area contributed by atoms with Crippen molar-refractivity contribution in [1.82, 2.24) is 54.6 Å². The highest BCUT2D eigenvalue weighted by molar-refractivity contribution is 5.20. The fourth-order valence-corrected chi connectivity index (χ4v) is 5.63. The topological polar surface area (TPSA) is 134 Å². The van der Waals surface area contributed by atoms with E-state index in [0.29, 0.717) is 0 Å². The highest BCUT2D eigenvalue weighted by Gasteiger charge is 2.18. The van der Waals surface area contributed by atoms with Crippen LogP contribution in [0.2, 0.25) is 0 Å². The van der Waals surface area contributed by atoms with Crippen molar-refractivity contribution in [1.29, 1.82) is 0 Å². The van der Waals surface area contributed by atoms with E-state index in [0.717, 1.165) is 17.1 Å². The number of hydrogen-bond donors (Lipinski definition) is 0. The molecule has 0 amide bonds. The Bertz CT molecular complexity index is 1990. The number of rotatable bonds is 0. The lowest BCUT2D eigenvalue weighted by Crippen LogP contribution is -2.16. The third-order valence-electron chi connectivity index (χ3n) is 10.2. The Hall–Kier alpha value is -6.10. The Morgan fingerprint density at radius 3 is 0.854 bits per heavy atom. The summed E-state index contributed by atoms with van der Waals surface area (Å²) in [4.78, 5) is 36.5. The molecule has 7 rings (SSSR count).